The maximum absolute atomic E-state index is 13.4. The highest BCUT2D eigenvalue weighted by atomic mass is 35.5. The molecule has 1 amide bonds. The lowest BCUT2D eigenvalue weighted by Crippen LogP contribution is -2.50. The second kappa shape index (κ2) is 9.33. The van der Waals surface area contributed by atoms with E-state index in [1.165, 1.54) is 12.1 Å². The van der Waals surface area contributed by atoms with Crippen LogP contribution in [0.3, 0.4) is 0 Å². The molecule has 0 unspecified atom stereocenters. The average Bonchev–Trinajstić information content (AvgIpc) is 2.52. The van der Waals surface area contributed by atoms with Crippen LogP contribution in [0.1, 0.15) is 39.2 Å². The SMILES string of the molecule is CC(C)(C)N(Cc1cccc(F)c1)C(=O)CN1CCC(C(=O)O)CC1.Cl. The van der Waals surface area contributed by atoms with Crippen molar-refractivity contribution in [2.24, 2.45) is 5.92 Å². The Morgan fingerprint density at radius 2 is 1.88 bits per heavy atom. The molecule has 5 nitrogen and oxygen atoms in total. The molecule has 1 aromatic rings. The van der Waals surface area contributed by atoms with E-state index in [1.54, 1.807) is 11.0 Å². The van der Waals surface area contributed by atoms with Crippen LogP contribution >= 0.6 is 12.4 Å². The van der Waals surface area contributed by atoms with Gasteiger partial charge in [-0.15, -0.1) is 12.4 Å². The first-order valence-electron chi connectivity index (χ1n) is 8.67. The number of aliphatic carboxylic acids is 1. The minimum absolute atomic E-state index is 0. The third kappa shape index (κ3) is 6.25. The Balaban J connectivity index is 0.00000338. The summed E-state index contributed by atoms with van der Waals surface area (Å²) < 4.78 is 13.4. The number of halogens is 2. The number of amides is 1. The first-order chi connectivity index (χ1) is 11.7. The van der Waals surface area contributed by atoms with Crippen LogP contribution in [-0.2, 0) is 16.1 Å². The quantitative estimate of drug-likeness (QED) is 0.844. The number of hydrogen-bond donors (Lipinski definition) is 1. The molecule has 1 aliphatic rings. The van der Waals surface area contributed by atoms with Gasteiger partial charge in [-0.3, -0.25) is 14.5 Å². The Morgan fingerprint density at radius 1 is 1.27 bits per heavy atom. The molecule has 0 bridgehead atoms. The van der Waals surface area contributed by atoms with Crippen molar-refractivity contribution < 1.29 is 19.1 Å². The average molecular weight is 387 g/mol. The molecule has 0 spiro atoms. The van der Waals surface area contributed by atoms with Crippen LogP contribution in [0.25, 0.3) is 0 Å². The van der Waals surface area contributed by atoms with Crippen molar-refractivity contribution in [3.05, 3.63) is 35.6 Å². The molecule has 1 aromatic carbocycles. The van der Waals surface area contributed by atoms with Gasteiger partial charge in [0.15, 0.2) is 0 Å². The predicted octanol–water partition coefficient (Wildman–Crippen LogP) is 3.17. The predicted molar refractivity (Wildman–Crippen MR) is 101 cm³/mol. The molecule has 26 heavy (non-hydrogen) atoms. The molecule has 7 heteroatoms. The molecule has 0 atom stereocenters. The molecule has 1 heterocycles. The van der Waals surface area contributed by atoms with E-state index in [9.17, 15) is 14.0 Å². The van der Waals surface area contributed by atoms with E-state index in [1.807, 2.05) is 31.7 Å². The van der Waals surface area contributed by atoms with Crippen LogP contribution in [0.15, 0.2) is 24.3 Å². The van der Waals surface area contributed by atoms with E-state index in [0.717, 1.165) is 5.56 Å². The summed E-state index contributed by atoms with van der Waals surface area (Å²) in [6.07, 6.45) is 1.14. The van der Waals surface area contributed by atoms with Crippen LogP contribution in [0.4, 0.5) is 4.39 Å². The Kier molecular flexibility index (Phi) is 8.03. The van der Waals surface area contributed by atoms with Crippen LogP contribution in [0, 0.1) is 11.7 Å². The highest BCUT2D eigenvalue weighted by molar-refractivity contribution is 5.85. The lowest BCUT2D eigenvalue weighted by molar-refractivity contribution is -0.143. The number of carbonyl (C=O) groups excluding carboxylic acids is 1. The van der Waals surface area contributed by atoms with Crippen molar-refractivity contribution in [2.75, 3.05) is 19.6 Å². The van der Waals surface area contributed by atoms with Gasteiger partial charge >= 0.3 is 5.97 Å². The largest absolute Gasteiger partial charge is 0.481 e. The van der Waals surface area contributed by atoms with Crippen molar-refractivity contribution in [3.8, 4) is 0 Å². The zero-order valence-electron chi connectivity index (χ0n) is 15.6. The molecule has 0 aromatic heterocycles. The Labute approximate surface area is 160 Å². The standard InChI is InChI=1S/C19H27FN2O3.ClH/c1-19(2,3)22(12-14-5-4-6-16(20)11-14)17(23)13-21-9-7-15(8-10-21)18(24)25;/h4-6,11,15H,7-10,12-13H2,1-3H3,(H,24,25);1H. The number of likely N-dealkylation sites (tertiary alicyclic amines) is 1. The second-order valence-electron chi connectivity index (χ2n) is 7.67. The normalized spacial score (nSPS) is 16.0. The maximum Gasteiger partial charge on any atom is 0.306 e. The minimum atomic E-state index is -0.756. The minimum Gasteiger partial charge on any atom is -0.481 e. The molecule has 1 aliphatic heterocycles. The van der Waals surface area contributed by atoms with Crippen LogP contribution in [0.2, 0.25) is 0 Å². The molecule has 0 saturated carbocycles. The fourth-order valence-electron chi connectivity index (χ4n) is 3.13. The molecule has 0 radical (unpaired) electrons. The lowest BCUT2D eigenvalue weighted by atomic mass is 9.97. The van der Waals surface area contributed by atoms with E-state index >= 15 is 0 Å². The lowest BCUT2D eigenvalue weighted by Gasteiger charge is -2.38. The smallest absolute Gasteiger partial charge is 0.306 e. The summed E-state index contributed by atoms with van der Waals surface area (Å²) in [4.78, 5) is 27.6. The fourth-order valence-corrected chi connectivity index (χ4v) is 3.13. The van der Waals surface area contributed by atoms with Crippen molar-refractivity contribution in [3.63, 3.8) is 0 Å². The number of piperidine rings is 1. The van der Waals surface area contributed by atoms with E-state index in [0.29, 0.717) is 32.5 Å². The van der Waals surface area contributed by atoms with E-state index < -0.39 is 5.97 Å². The van der Waals surface area contributed by atoms with E-state index in [2.05, 4.69) is 0 Å². The van der Waals surface area contributed by atoms with Gasteiger partial charge in [-0.2, -0.15) is 0 Å². The Hall–Kier alpha value is -1.66. The number of benzene rings is 1. The van der Waals surface area contributed by atoms with Crippen molar-refractivity contribution in [1.29, 1.82) is 0 Å². The molecule has 1 N–H and O–H groups in total. The monoisotopic (exact) mass is 386 g/mol. The van der Waals surface area contributed by atoms with Gasteiger partial charge in [-0.05, 0) is 64.4 Å². The molecule has 1 fully saturated rings. The summed E-state index contributed by atoms with van der Waals surface area (Å²) >= 11 is 0. The Bertz CT molecular complexity index is 625. The second-order valence-corrected chi connectivity index (χ2v) is 7.67. The first kappa shape index (κ1) is 22.4. The molecule has 0 aliphatic carbocycles. The molecular formula is C19H28ClFN2O3. The van der Waals surface area contributed by atoms with Crippen molar-refractivity contribution in [2.45, 2.75) is 45.7 Å². The fraction of sp³-hybridized carbons (Fsp3) is 0.579. The third-order valence-corrected chi connectivity index (χ3v) is 4.64. The zero-order chi connectivity index (χ0) is 18.6. The topological polar surface area (TPSA) is 60.9 Å². The van der Waals surface area contributed by atoms with Crippen molar-refractivity contribution in [1.82, 2.24) is 9.80 Å². The van der Waals surface area contributed by atoms with Gasteiger partial charge in [0.1, 0.15) is 5.82 Å². The van der Waals surface area contributed by atoms with Gasteiger partial charge in [0, 0.05) is 12.1 Å². The number of carboxylic acid groups (broad SMARTS) is 1. The molecular weight excluding hydrogens is 359 g/mol. The van der Waals surface area contributed by atoms with Gasteiger partial charge in [0.2, 0.25) is 5.91 Å². The maximum atomic E-state index is 13.4. The van der Waals surface area contributed by atoms with Crippen LogP contribution in [0.5, 0.6) is 0 Å². The van der Waals surface area contributed by atoms with Crippen LogP contribution in [-0.4, -0.2) is 52.0 Å². The number of carbonyl (C=O) groups is 2. The zero-order valence-corrected chi connectivity index (χ0v) is 16.4. The summed E-state index contributed by atoms with van der Waals surface area (Å²) in [6.45, 7) is 7.72. The molecule has 1 saturated heterocycles. The highest BCUT2D eigenvalue weighted by Gasteiger charge is 2.30. The summed E-state index contributed by atoms with van der Waals surface area (Å²) in [5.41, 5.74) is 0.371. The van der Waals surface area contributed by atoms with Gasteiger partial charge < -0.3 is 10.0 Å². The van der Waals surface area contributed by atoms with Gasteiger partial charge in [0.25, 0.3) is 0 Å². The number of carboxylic acids is 1. The van der Waals surface area contributed by atoms with Crippen molar-refractivity contribution >= 4 is 24.3 Å². The van der Waals surface area contributed by atoms with Gasteiger partial charge in [-0.1, -0.05) is 12.1 Å². The first-order valence-corrected chi connectivity index (χ1v) is 8.67. The van der Waals surface area contributed by atoms with Gasteiger partial charge in [0.05, 0.1) is 12.5 Å². The van der Waals surface area contributed by atoms with E-state index in [-0.39, 0.29) is 42.1 Å². The summed E-state index contributed by atoms with van der Waals surface area (Å²) in [5, 5.41) is 9.06. The highest BCUT2D eigenvalue weighted by Crippen LogP contribution is 2.21. The Morgan fingerprint density at radius 3 is 2.38 bits per heavy atom. The molecule has 146 valence electrons. The summed E-state index contributed by atoms with van der Waals surface area (Å²) in [7, 11) is 0. The number of rotatable bonds is 5. The van der Waals surface area contributed by atoms with Gasteiger partial charge in [-0.25, -0.2) is 4.39 Å². The number of nitrogens with zero attached hydrogens (tertiary/aromatic N) is 2. The third-order valence-electron chi connectivity index (χ3n) is 4.64. The molecule has 2 rings (SSSR count). The van der Waals surface area contributed by atoms with E-state index in [4.69, 9.17) is 5.11 Å². The summed E-state index contributed by atoms with van der Waals surface area (Å²) in [5.74, 6) is -1.40. The summed E-state index contributed by atoms with van der Waals surface area (Å²) in [6, 6.07) is 6.30. The number of hydrogen-bond acceptors (Lipinski definition) is 3. The van der Waals surface area contributed by atoms with Crippen LogP contribution < -0.4 is 0 Å².